The molecule has 2 aromatic rings. The Kier molecular flexibility index (Phi) is 6.00. The molecule has 0 amide bonds. The van der Waals surface area contributed by atoms with Crippen LogP contribution in [0.2, 0.25) is 0 Å². The third-order valence-corrected chi connectivity index (χ3v) is 6.05. The minimum absolute atomic E-state index is 0.291. The lowest BCUT2D eigenvalue weighted by Gasteiger charge is -2.31. The second-order valence-corrected chi connectivity index (χ2v) is 8.90. The number of benzene rings is 1. The van der Waals surface area contributed by atoms with Crippen molar-refractivity contribution in [3.05, 3.63) is 30.1 Å². The zero-order valence-corrected chi connectivity index (χ0v) is 16.1. The van der Waals surface area contributed by atoms with Crippen molar-refractivity contribution in [2.75, 3.05) is 32.9 Å². The molecule has 2 heterocycles. The molecule has 0 unspecified atom stereocenters. The highest BCUT2D eigenvalue weighted by atomic mass is 32.2. The third-order valence-electron chi connectivity index (χ3n) is 4.92. The number of sulfone groups is 1. The van der Waals surface area contributed by atoms with E-state index in [9.17, 15) is 8.42 Å². The van der Waals surface area contributed by atoms with Crippen LogP contribution in [0.5, 0.6) is 0 Å². The fraction of sp³-hybridized carbons (Fsp3) is 0.588. The predicted molar refractivity (Wildman–Crippen MR) is 98.8 cm³/mol. The van der Waals surface area contributed by atoms with Crippen molar-refractivity contribution in [3.63, 3.8) is 0 Å². The Labute approximate surface area is 154 Å². The van der Waals surface area contributed by atoms with Crippen LogP contribution in [0.4, 0.5) is 0 Å². The van der Waals surface area contributed by atoms with Gasteiger partial charge in [-0.25, -0.2) is 8.42 Å². The van der Waals surface area contributed by atoms with Crippen LogP contribution in [0.15, 0.2) is 29.2 Å². The molecule has 0 radical (unpaired) electrons. The van der Waals surface area contributed by atoms with Crippen LogP contribution in [0, 0.1) is 5.92 Å². The quantitative estimate of drug-likeness (QED) is 0.765. The molecular weight excluding hydrogens is 352 g/mol. The molecule has 1 aliphatic heterocycles. The SMILES string of the molecule is CNCCC1CCN(Cc2nnnn2-c2ccc(S(C)(=O)=O)cc2)CC1. The molecule has 1 aliphatic rings. The van der Waals surface area contributed by atoms with Crippen LogP contribution in [-0.2, 0) is 16.4 Å². The molecule has 8 nitrogen and oxygen atoms in total. The summed E-state index contributed by atoms with van der Waals surface area (Å²) in [7, 11) is -1.21. The van der Waals surface area contributed by atoms with E-state index in [0.29, 0.717) is 11.4 Å². The number of nitrogens with one attached hydrogen (secondary N) is 1. The summed E-state index contributed by atoms with van der Waals surface area (Å²) in [5.74, 6) is 1.56. The van der Waals surface area contributed by atoms with E-state index in [1.54, 1.807) is 28.9 Å². The average molecular weight is 379 g/mol. The first-order valence-corrected chi connectivity index (χ1v) is 10.8. The number of tetrazole rings is 1. The number of hydrogen-bond donors (Lipinski definition) is 1. The van der Waals surface area contributed by atoms with Crippen molar-refractivity contribution >= 4 is 9.84 Å². The Hall–Kier alpha value is -1.84. The van der Waals surface area contributed by atoms with Crippen LogP contribution < -0.4 is 5.32 Å². The fourth-order valence-electron chi connectivity index (χ4n) is 3.32. The van der Waals surface area contributed by atoms with Gasteiger partial charge in [-0.15, -0.1) is 5.10 Å². The van der Waals surface area contributed by atoms with Crippen molar-refractivity contribution in [1.82, 2.24) is 30.4 Å². The Bertz CT molecular complexity index is 810. The summed E-state index contributed by atoms with van der Waals surface area (Å²) in [6, 6.07) is 6.65. The van der Waals surface area contributed by atoms with Crippen LogP contribution in [0.1, 0.15) is 25.1 Å². The largest absolute Gasteiger partial charge is 0.320 e. The topological polar surface area (TPSA) is 93.0 Å². The van der Waals surface area contributed by atoms with Gasteiger partial charge in [0.15, 0.2) is 15.7 Å². The minimum atomic E-state index is -3.21. The van der Waals surface area contributed by atoms with Crippen LogP contribution in [-0.4, -0.2) is 66.5 Å². The van der Waals surface area contributed by atoms with Crippen molar-refractivity contribution in [1.29, 1.82) is 0 Å². The first-order valence-electron chi connectivity index (χ1n) is 8.92. The van der Waals surface area contributed by atoms with Gasteiger partial charge in [0.25, 0.3) is 0 Å². The summed E-state index contributed by atoms with van der Waals surface area (Å²) in [5, 5.41) is 15.2. The first kappa shape index (κ1) is 18.9. The van der Waals surface area contributed by atoms with Crippen LogP contribution in [0.3, 0.4) is 0 Å². The summed E-state index contributed by atoms with van der Waals surface area (Å²) >= 11 is 0. The van der Waals surface area contributed by atoms with Crippen molar-refractivity contribution in [2.24, 2.45) is 5.92 Å². The lowest BCUT2D eigenvalue weighted by Crippen LogP contribution is -2.34. The molecule has 0 atom stereocenters. The molecule has 1 N–H and O–H groups in total. The van der Waals surface area contributed by atoms with Gasteiger partial charge in [-0.05, 0) is 86.6 Å². The van der Waals surface area contributed by atoms with Gasteiger partial charge in [0, 0.05) is 6.26 Å². The van der Waals surface area contributed by atoms with E-state index >= 15 is 0 Å². The lowest BCUT2D eigenvalue weighted by atomic mass is 9.93. The highest BCUT2D eigenvalue weighted by molar-refractivity contribution is 7.90. The number of nitrogens with zero attached hydrogens (tertiary/aromatic N) is 5. The van der Waals surface area contributed by atoms with Gasteiger partial charge in [-0.2, -0.15) is 4.68 Å². The highest BCUT2D eigenvalue weighted by Crippen LogP contribution is 2.21. The molecule has 1 fully saturated rings. The second-order valence-electron chi connectivity index (χ2n) is 6.88. The van der Waals surface area contributed by atoms with E-state index in [2.05, 4.69) is 25.7 Å². The molecule has 1 saturated heterocycles. The third kappa shape index (κ3) is 4.66. The zero-order chi connectivity index (χ0) is 18.6. The molecule has 142 valence electrons. The average Bonchev–Trinajstić information content (AvgIpc) is 3.08. The number of piperidine rings is 1. The second kappa shape index (κ2) is 8.24. The molecule has 0 saturated carbocycles. The number of aromatic nitrogens is 4. The lowest BCUT2D eigenvalue weighted by molar-refractivity contribution is 0.168. The monoisotopic (exact) mass is 378 g/mol. The van der Waals surface area contributed by atoms with Gasteiger partial charge >= 0.3 is 0 Å². The first-order chi connectivity index (χ1) is 12.5. The van der Waals surface area contributed by atoms with Gasteiger partial charge in [0.05, 0.1) is 17.1 Å². The van der Waals surface area contributed by atoms with Gasteiger partial charge in [0.2, 0.25) is 0 Å². The van der Waals surface area contributed by atoms with Gasteiger partial charge in [0.1, 0.15) is 0 Å². The zero-order valence-electron chi connectivity index (χ0n) is 15.3. The summed E-state index contributed by atoms with van der Waals surface area (Å²) < 4.78 is 24.9. The molecular formula is C17H26N6O2S. The summed E-state index contributed by atoms with van der Waals surface area (Å²) in [6.45, 7) is 3.87. The normalized spacial score (nSPS) is 16.8. The van der Waals surface area contributed by atoms with Crippen LogP contribution in [0.25, 0.3) is 5.69 Å². The van der Waals surface area contributed by atoms with Crippen molar-refractivity contribution < 1.29 is 8.42 Å². The molecule has 1 aromatic carbocycles. The molecule has 26 heavy (non-hydrogen) atoms. The van der Waals surface area contributed by atoms with Gasteiger partial charge < -0.3 is 5.32 Å². The van der Waals surface area contributed by atoms with Crippen molar-refractivity contribution in [3.8, 4) is 5.69 Å². The van der Waals surface area contributed by atoms with Crippen LogP contribution >= 0.6 is 0 Å². The molecule has 9 heteroatoms. The van der Waals surface area contributed by atoms with Gasteiger partial charge in [-0.1, -0.05) is 0 Å². The number of likely N-dealkylation sites (tertiary alicyclic amines) is 1. The van der Waals surface area contributed by atoms with Gasteiger partial charge in [-0.3, -0.25) is 4.90 Å². The fourth-order valence-corrected chi connectivity index (χ4v) is 3.95. The summed E-state index contributed by atoms with van der Waals surface area (Å²) in [6.07, 6.45) is 4.83. The number of rotatable bonds is 7. The molecule has 1 aromatic heterocycles. The predicted octanol–water partition coefficient (Wildman–Crippen LogP) is 0.887. The maximum absolute atomic E-state index is 11.6. The van der Waals surface area contributed by atoms with E-state index in [-0.39, 0.29) is 0 Å². The number of hydrogen-bond acceptors (Lipinski definition) is 7. The highest BCUT2D eigenvalue weighted by Gasteiger charge is 2.21. The van der Waals surface area contributed by atoms with E-state index in [1.165, 1.54) is 25.5 Å². The molecule has 0 aliphatic carbocycles. The molecule has 0 spiro atoms. The summed E-state index contributed by atoms with van der Waals surface area (Å²) in [5.41, 5.74) is 0.765. The Morgan fingerprint density at radius 2 is 1.88 bits per heavy atom. The smallest absolute Gasteiger partial charge is 0.175 e. The van der Waals surface area contributed by atoms with E-state index in [1.807, 2.05) is 7.05 Å². The van der Waals surface area contributed by atoms with E-state index in [0.717, 1.165) is 37.1 Å². The Morgan fingerprint density at radius 1 is 1.19 bits per heavy atom. The minimum Gasteiger partial charge on any atom is -0.320 e. The maximum atomic E-state index is 11.6. The standard InChI is InChI=1S/C17H26N6O2S/c1-18-10-7-14-8-11-22(12-9-14)13-17-19-20-21-23(17)15-3-5-16(6-4-15)26(2,24)25/h3-6,14,18H,7-13H2,1-2H3. The van der Waals surface area contributed by atoms with E-state index < -0.39 is 9.84 Å². The Balaban J connectivity index is 1.64. The molecule has 0 bridgehead atoms. The Morgan fingerprint density at radius 3 is 2.50 bits per heavy atom. The summed E-state index contributed by atoms with van der Waals surface area (Å²) in [4.78, 5) is 2.67. The maximum Gasteiger partial charge on any atom is 0.175 e. The van der Waals surface area contributed by atoms with E-state index in [4.69, 9.17) is 0 Å². The molecule has 3 rings (SSSR count). The van der Waals surface area contributed by atoms with Crippen molar-refractivity contribution in [2.45, 2.75) is 30.7 Å².